The summed E-state index contributed by atoms with van der Waals surface area (Å²) in [6.45, 7) is 9.53. The fourth-order valence-corrected chi connectivity index (χ4v) is 5.44. The van der Waals surface area contributed by atoms with Crippen LogP contribution in [0.1, 0.15) is 64.5 Å². The van der Waals surface area contributed by atoms with E-state index in [1.54, 1.807) is 0 Å². The molecule has 1 aliphatic rings. The number of hydrogen-bond donors (Lipinski definition) is 3. The van der Waals surface area contributed by atoms with Crippen LogP contribution in [0.5, 0.6) is 0 Å². The van der Waals surface area contributed by atoms with E-state index in [0.29, 0.717) is 6.42 Å². The molecule has 0 bridgehead atoms. The van der Waals surface area contributed by atoms with E-state index < -0.39 is 47.7 Å². The van der Waals surface area contributed by atoms with Crippen LogP contribution in [-0.2, 0) is 23.8 Å². The lowest BCUT2D eigenvalue weighted by atomic mass is 9.86. The highest BCUT2D eigenvalue weighted by molar-refractivity contribution is 5.92. The molecule has 0 fully saturated rings. The first-order valence-corrected chi connectivity index (χ1v) is 14.6. The quantitative estimate of drug-likeness (QED) is 0.232. The Hall–Kier alpha value is -3.87. The number of methoxy groups -OCH3 is 2. The van der Waals surface area contributed by atoms with Crippen molar-refractivity contribution in [3.8, 4) is 23.5 Å². The third kappa shape index (κ3) is 8.59. The molecule has 43 heavy (non-hydrogen) atoms. The summed E-state index contributed by atoms with van der Waals surface area (Å²) in [4.78, 5) is 40.1. The van der Waals surface area contributed by atoms with Gasteiger partial charge in [-0.1, -0.05) is 83.1 Å². The summed E-state index contributed by atoms with van der Waals surface area (Å²) in [6, 6.07) is 13.7. The summed E-state index contributed by atoms with van der Waals surface area (Å²) in [6.07, 6.45) is 4.58. The van der Waals surface area contributed by atoms with E-state index >= 15 is 0 Å². The molecular formula is C34H45N3O6. The first-order chi connectivity index (χ1) is 20.4. The number of benzene rings is 2. The van der Waals surface area contributed by atoms with Gasteiger partial charge >= 0.3 is 6.09 Å². The molecule has 3 amide bonds. The molecule has 3 rings (SSSR count). The molecule has 9 nitrogen and oxygen atoms in total. The lowest BCUT2D eigenvalue weighted by Crippen LogP contribution is -2.59. The lowest BCUT2D eigenvalue weighted by molar-refractivity contribution is -0.140. The van der Waals surface area contributed by atoms with Crippen molar-refractivity contribution in [3.05, 3.63) is 59.7 Å². The molecular weight excluding hydrogens is 546 g/mol. The Labute approximate surface area is 255 Å². The molecule has 3 atom stereocenters. The van der Waals surface area contributed by atoms with Gasteiger partial charge in [-0.05, 0) is 40.0 Å². The molecule has 2 aromatic carbocycles. The molecule has 232 valence electrons. The summed E-state index contributed by atoms with van der Waals surface area (Å²) in [5.41, 5.74) is 3.76. The maximum Gasteiger partial charge on any atom is 0.407 e. The van der Waals surface area contributed by atoms with Crippen molar-refractivity contribution in [1.82, 2.24) is 16.0 Å². The molecule has 0 saturated heterocycles. The molecule has 3 N–H and O–H groups in total. The fourth-order valence-electron chi connectivity index (χ4n) is 5.44. The van der Waals surface area contributed by atoms with Gasteiger partial charge in [0.25, 0.3) is 0 Å². The minimum atomic E-state index is -0.974. The minimum Gasteiger partial charge on any atom is -0.449 e. The zero-order chi connectivity index (χ0) is 31.7. The summed E-state index contributed by atoms with van der Waals surface area (Å²) in [5.74, 6) is 1.58. The third-order valence-corrected chi connectivity index (χ3v) is 7.53. The number of fused-ring (bicyclic) bond motifs is 3. The van der Waals surface area contributed by atoms with Crippen LogP contribution >= 0.6 is 0 Å². The van der Waals surface area contributed by atoms with Crippen LogP contribution in [0.4, 0.5) is 4.79 Å². The highest BCUT2D eigenvalue weighted by Crippen LogP contribution is 2.44. The van der Waals surface area contributed by atoms with Crippen LogP contribution in [0.15, 0.2) is 48.5 Å². The number of nitrogens with one attached hydrogen (secondary N) is 3. The molecule has 9 heteroatoms. The fraction of sp³-hybridized carbons (Fsp3) is 0.500. The number of rotatable bonds is 13. The van der Waals surface area contributed by atoms with Crippen LogP contribution in [0, 0.1) is 23.7 Å². The number of terminal acetylenes is 1. The summed E-state index contributed by atoms with van der Waals surface area (Å²) >= 11 is 0. The number of ether oxygens (including phenoxy) is 3. The van der Waals surface area contributed by atoms with Gasteiger partial charge in [-0.15, -0.1) is 12.3 Å². The molecule has 1 aliphatic carbocycles. The SMILES string of the molecule is C#CCC(NC(=O)[C@H](CC(C)C)NC(=O)[C@@H](NC(=O)OCC1c2ccccc2-c2ccccc21)C(C)(C)C)C(OC)OC. The van der Waals surface area contributed by atoms with Gasteiger partial charge in [0.05, 0.1) is 6.04 Å². The van der Waals surface area contributed by atoms with Crippen molar-refractivity contribution in [1.29, 1.82) is 0 Å². The van der Waals surface area contributed by atoms with Gasteiger partial charge in [0, 0.05) is 26.6 Å². The molecule has 0 saturated carbocycles. The average Bonchev–Trinajstić information content (AvgIpc) is 3.27. The van der Waals surface area contributed by atoms with Crippen LogP contribution in [0.25, 0.3) is 11.1 Å². The van der Waals surface area contributed by atoms with Crippen molar-refractivity contribution in [2.45, 2.75) is 77.8 Å². The second kappa shape index (κ2) is 15.0. The zero-order valence-electron chi connectivity index (χ0n) is 26.2. The Morgan fingerprint density at radius 3 is 1.93 bits per heavy atom. The molecule has 0 aromatic heterocycles. The molecule has 2 aromatic rings. The van der Waals surface area contributed by atoms with Gasteiger partial charge < -0.3 is 30.2 Å². The Kier molecular flexibility index (Phi) is 11.8. The maximum atomic E-state index is 13.6. The molecule has 0 radical (unpaired) electrons. The smallest absolute Gasteiger partial charge is 0.407 e. The van der Waals surface area contributed by atoms with Gasteiger partial charge in [-0.25, -0.2) is 4.79 Å². The molecule has 0 spiro atoms. The van der Waals surface area contributed by atoms with Gasteiger partial charge in [-0.2, -0.15) is 0 Å². The van der Waals surface area contributed by atoms with Crippen LogP contribution in [0.3, 0.4) is 0 Å². The summed E-state index contributed by atoms with van der Waals surface area (Å²) in [5, 5.41) is 8.46. The Morgan fingerprint density at radius 2 is 1.44 bits per heavy atom. The van der Waals surface area contributed by atoms with Gasteiger partial charge in [0.15, 0.2) is 6.29 Å². The Balaban J connectivity index is 1.71. The van der Waals surface area contributed by atoms with Crippen molar-refractivity contribution in [3.63, 3.8) is 0 Å². The molecule has 1 unspecified atom stereocenters. The summed E-state index contributed by atoms with van der Waals surface area (Å²) in [7, 11) is 2.92. The first-order valence-electron chi connectivity index (χ1n) is 14.6. The Morgan fingerprint density at radius 1 is 0.884 bits per heavy atom. The highest BCUT2D eigenvalue weighted by atomic mass is 16.7. The number of carbonyl (C=O) groups excluding carboxylic acids is 3. The van der Waals surface area contributed by atoms with E-state index in [1.807, 2.05) is 71.0 Å². The topological polar surface area (TPSA) is 115 Å². The van der Waals surface area contributed by atoms with Gasteiger partial charge in [0.1, 0.15) is 18.7 Å². The van der Waals surface area contributed by atoms with Gasteiger partial charge in [0.2, 0.25) is 11.8 Å². The van der Waals surface area contributed by atoms with E-state index in [4.69, 9.17) is 20.6 Å². The van der Waals surface area contributed by atoms with Crippen molar-refractivity contribution < 1.29 is 28.6 Å². The van der Waals surface area contributed by atoms with E-state index in [-0.39, 0.29) is 24.9 Å². The van der Waals surface area contributed by atoms with Crippen molar-refractivity contribution >= 4 is 17.9 Å². The predicted molar refractivity (Wildman–Crippen MR) is 166 cm³/mol. The van der Waals surface area contributed by atoms with E-state index in [9.17, 15) is 14.4 Å². The van der Waals surface area contributed by atoms with E-state index in [2.05, 4.69) is 34.0 Å². The number of alkyl carbamates (subject to hydrolysis) is 1. The monoisotopic (exact) mass is 591 g/mol. The molecule has 0 heterocycles. The summed E-state index contributed by atoms with van der Waals surface area (Å²) < 4.78 is 16.3. The van der Waals surface area contributed by atoms with E-state index in [1.165, 1.54) is 14.2 Å². The largest absolute Gasteiger partial charge is 0.449 e. The van der Waals surface area contributed by atoms with Crippen LogP contribution < -0.4 is 16.0 Å². The second-order valence-electron chi connectivity index (χ2n) is 12.3. The van der Waals surface area contributed by atoms with Crippen LogP contribution in [0.2, 0.25) is 0 Å². The van der Waals surface area contributed by atoms with Crippen molar-refractivity contribution in [2.75, 3.05) is 20.8 Å². The minimum absolute atomic E-state index is 0.0889. The standard InChI is InChI=1S/C34H45N3O6/c1-9-14-27(32(41-7)42-8)35-30(38)28(19-21(2)3)36-31(39)29(34(4,5)6)37-33(40)43-20-26-24-17-12-10-15-22(24)23-16-11-13-18-25(23)26/h1,10-13,15-18,21,26-29,32H,14,19-20H2,2-8H3,(H,35,38)(H,36,39)(H,37,40)/t27?,28-,29+/m0/s1. The highest BCUT2D eigenvalue weighted by Gasteiger charge is 2.37. The van der Waals surface area contributed by atoms with Crippen molar-refractivity contribution in [2.24, 2.45) is 11.3 Å². The van der Waals surface area contributed by atoms with E-state index in [0.717, 1.165) is 22.3 Å². The number of amides is 3. The Bertz CT molecular complexity index is 1260. The zero-order valence-corrected chi connectivity index (χ0v) is 26.2. The van der Waals surface area contributed by atoms with Crippen LogP contribution in [-0.4, -0.2) is 63.1 Å². The number of carbonyl (C=O) groups is 3. The average molecular weight is 592 g/mol. The maximum absolute atomic E-state index is 13.6. The first kappa shape index (κ1) is 33.6. The molecule has 0 aliphatic heterocycles. The number of hydrogen-bond acceptors (Lipinski definition) is 6. The van der Waals surface area contributed by atoms with Gasteiger partial charge in [-0.3, -0.25) is 9.59 Å². The lowest BCUT2D eigenvalue weighted by Gasteiger charge is -2.32. The predicted octanol–water partition coefficient (Wildman–Crippen LogP) is 4.60. The normalized spacial score (nSPS) is 14.7. The second-order valence-corrected chi connectivity index (χ2v) is 12.3. The third-order valence-electron chi connectivity index (χ3n) is 7.53.